The normalized spacial score (nSPS) is 15.3. The maximum atomic E-state index is 14.7. The number of halogens is 1. The summed E-state index contributed by atoms with van der Waals surface area (Å²) in [5.74, 6) is -3.88. The zero-order valence-corrected chi connectivity index (χ0v) is 28.3. The lowest BCUT2D eigenvalue weighted by Crippen LogP contribution is -2.53. The fourth-order valence-corrected chi connectivity index (χ4v) is 4.15. The lowest BCUT2D eigenvalue weighted by atomic mass is 10.0. The van der Waals surface area contributed by atoms with Crippen LogP contribution >= 0.6 is 7.82 Å². The van der Waals surface area contributed by atoms with Crippen LogP contribution in [0.15, 0.2) is 21.9 Å². The van der Waals surface area contributed by atoms with Gasteiger partial charge in [0.15, 0.2) is 13.0 Å². The molecule has 20 heteroatoms. The van der Waals surface area contributed by atoms with Gasteiger partial charge in [0.05, 0.1) is 31.2 Å². The number of carbonyl (C=O) groups is 3. The van der Waals surface area contributed by atoms with Gasteiger partial charge in [-0.1, -0.05) is 41.5 Å². The smallest absolute Gasteiger partial charge is 0.442 e. The zero-order valence-electron chi connectivity index (χ0n) is 27.4. The Balaban J connectivity index is 3.32. The van der Waals surface area contributed by atoms with Gasteiger partial charge in [-0.05, 0) is 12.8 Å². The van der Waals surface area contributed by atoms with Crippen LogP contribution in [0, 0.1) is 17.8 Å². The van der Waals surface area contributed by atoms with E-state index >= 15 is 0 Å². The fourth-order valence-electron chi connectivity index (χ4n) is 3.19. The van der Waals surface area contributed by atoms with E-state index in [0.717, 1.165) is 19.2 Å². The fraction of sp³-hybridized carbons (Fsp3) is 0.741. The summed E-state index contributed by atoms with van der Waals surface area (Å²) in [4.78, 5) is 61.3. The monoisotopic (exact) mass is 701 g/mol. The number of aliphatic hydroxyl groups excluding tert-OH is 2. The first-order chi connectivity index (χ1) is 21.8. The highest BCUT2D eigenvalue weighted by atomic mass is 31.2. The van der Waals surface area contributed by atoms with E-state index in [1.165, 1.54) is 27.7 Å². The minimum Gasteiger partial charge on any atom is -0.442 e. The van der Waals surface area contributed by atoms with E-state index in [9.17, 15) is 43.1 Å². The first-order valence-corrected chi connectivity index (χ1v) is 15.9. The summed E-state index contributed by atoms with van der Waals surface area (Å²) in [5.41, 5.74) is 1.16. The third-order valence-electron chi connectivity index (χ3n) is 6.48. The van der Waals surface area contributed by atoms with Gasteiger partial charge < -0.3 is 34.9 Å². The first kappa shape index (κ1) is 42.0. The summed E-state index contributed by atoms with van der Waals surface area (Å²) >= 11 is 0. The number of hydrogen-bond acceptors (Lipinski definition) is 16. The summed E-state index contributed by atoms with van der Waals surface area (Å²) < 4.78 is 64.5. The van der Waals surface area contributed by atoms with Gasteiger partial charge in [0.1, 0.15) is 18.3 Å². The molecular weight excluding hydrogens is 656 g/mol. The van der Waals surface area contributed by atoms with Crippen molar-refractivity contribution >= 4 is 25.7 Å². The van der Waals surface area contributed by atoms with Crippen LogP contribution in [-0.4, -0.2) is 88.5 Å². The molecule has 0 saturated heterocycles. The number of hydrogen-bond donors (Lipinski definition) is 3. The average molecular weight is 702 g/mol. The number of esters is 3. The quantitative estimate of drug-likeness (QED) is 0.0686. The van der Waals surface area contributed by atoms with Gasteiger partial charge in [0.25, 0.3) is 5.56 Å². The summed E-state index contributed by atoms with van der Waals surface area (Å²) in [6.07, 6.45) is -2.71. The molecule has 4 N–H and O–H groups in total. The Morgan fingerprint density at radius 1 is 0.936 bits per heavy atom. The van der Waals surface area contributed by atoms with Crippen LogP contribution in [0.5, 0.6) is 0 Å². The third-order valence-corrected chi connectivity index (χ3v) is 7.77. The summed E-state index contributed by atoms with van der Waals surface area (Å²) in [7, 11) is -4.87. The standard InChI is InChI=1S/C27H45FN3O15P/c1-16(2)22(29)25(37)40-13-31-20(34)8-9-30(26(31)38)21(10-32)46-27(11-28,19(7)33)12-43-47(39,44-14-41-23(35)17(3)4)45-15-42-24(36)18(5)6/h8-9,16-19,21-22,32-33H,10-15,29H2,1-7H3/t19-,21+,22?,27+/m0/s1. The van der Waals surface area contributed by atoms with Gasteiger partial charge in [-0.3, -0.25) is 28.3 Å². The van der Waals surface area contributed by atoms with Crippen LogP contribution in [0.4, 0.5) is 4.39 Å². The van der Waals surface area contributed by atoms with E-state index in [0.29, 0.717) is 9.13 Å². The molecule has 18 nitrogen and oxygen atoms in total. The van der Waals surface area contributed by atoms with Crippen LogP contribution in [0.25, 0.3) is 0 Å². The molecule has 0 fully saturated rings. The van der Waals surface area contributed by atoms with Crippen molar-refractivity contribution in [2.45, 2.75) is 79.2 Å². The number of rotatable bonds is 21. The Kier molecular flexibility index (Phi) is 17.1. The van der Waals surface area contributed by atoms with Gasteiger partial charge in [-0.25, -0.2) is 27.4 Å². The Hall–Kier alpha value is -3.03. The lowest BCUT2D eigenvalue weighted by molar-refractivity contribution is -0.209. The number of nitrogens with zero attached hydrogens (tertiary/aromatic N) is 2. The van der Waals surface area contributed by atoms with E-state index in [1.807, 2.05) is 0 Å². The van der Waals surface area contributed by atoms with Crippen LogP contribution in [0.3, 0.4) is 0 Å². The molecule has 0 aliphatic rings. The number of ether oxygens (including phenoxy) is 4. The van der Waals surface area contributed by atoms with Crippen molar-refractivity contribution in [2.24, 2.45) is 23.5 Å². The topological polar surface area (TPSA) is 243 Å². The van der Waals surface area contributed by atoms with Gasteiger partial charge in [-0.15, -0.1) is 0 Å². The molecule has 47 heavy (non-hydrogen) atoms. The lowest BCUT2D eigenvalue weighted by Gasteiger charge is -2.37. The molecule has 0 bridgehead atoms. The third kappa shape index (κ3) is 12.5. The minimum atomic E-state index is -4.87. The minimum absolute atomic E-state index is 0.313. The Bertz CT molecular complexity index is 1320. The molecule has 1 rings (SSSR count). The molecule has 0 spiro atoms. The highest BCUT2D eigenvalue weighted by Gasteiger charge is 2.44. The van der Waals surface area contributed by atoms with E-state index in [1.54, 1.807) is 13.8 Å². The molecule has 1 unspecified atom stereocenters. The number of nitrogens with two attached hydrogens (primary N) is 1. The molecule has 0 radical (unpaired) electrons. The van der Waals surface area contributed by atoms with Crippen LogP contribution < -0.4 is 17.0 Å². The van der Waals surface area contributed by atoms with E-state index in [-0.39, 0.29) is 5.92 Å². The van der Waals surface area contributed by atoms with Crippen molar-refractivity contribution in [1.82, 2.24) is 9.13 Å². The van der Waals surface area contributed by atoms with Crippen molar-refractivity contribution in [2.75, 3.05) is 33.5 Å². The van der Waals surface area contributed by atoms with E-state index in [2.05, 4.69) is 0 Å². The number of carbonyl (C=O) groups excluding carboxylic acids is 3. The second-order valence-electron chi connectivity index (χ2n) is 11.2. The number of alkyl halides is 1. The zero-order chi connectivity index (χ0) is 36.1. The summed E-state index contributed by atoms with van der Waals surface area (Å²) in [6, 6.07) is -0.179. The Labute approximate surface area is 270 Å². The Morgan fingerprint density at radius 3 is 1.89 bits per heavy atom. The second kappa shape index (κ2) is 19.1. The predicted molar refractivity (Wildman–Crippen MR) is 159 cm³/mol. The molecule has 0 saturated carbocycles. The maximum absolute atomic E-state index is 14.7. The molecular formula is C27H45FN3O15P. The van der Waals surface area contributed by atoms with Crippen LogP contribution in [0.1, 0.15) is 54.7 Å². The highest BCUT2D eigenvalue weighted by Crippen LogP contribution is 2.50. The maximum Gasteiger partial charge on any atom is 0.480 e. The van der Waals surface area contributed by atoms with E-state index < -0.39 is 113 Å². The number of phosphoric acid groups is 1. The highest BCUT2D eigenvalue weighted by molar-refractivity contribution is 7.48. The van der Waals surface area contributed by atoms with E-state index in [4.69, 9.17) is 38.3 Å². The van der Waals surface area contributed by atoms with Gasteiger partial charge in [0.2, 0.25) is 13.6 Å². The van der Waals surface area contributed by atoms with Crippen LogP contribution in [0.2, 0.25) is 0 Å². The van der Waals surface area contributed by atoms with Gasteiger partial charge >= 0.3 is 31.4 Å². The Morgan fingerprint density at radius 2 is 1.47 bits per heavy atom. The number of aromatic nitrogens is 2. The number of aliphatic hydroxyl groups is 2. The average Bonchev–Trinajstić information content (AvgIpc) is 3.00. The van der Waals surface area contributed by atoms with Crippen molar-refractivity contribution < 1.29 is 66.1 Å². The molecule has 1 aromatic rings. The first-order valence-electron chi connectivity index (χ1n) is 14.5. The molecule has 0 aliphatic carbocycles. The molecule has 0 aromatic carbocycles. The molecule has 0 aliphatic heterocycles. The van der Waals surface area contributed by atoms with Crippen molar-refractivity contribution in [1.29, 1.82) is 0 Å². The molecule has 270 valence electrons. The van der Waals surface area contributed by atoms with Gasteiger partial charge in [0, 0.05) is 12.3 Å². The number of phosphoric ester groups is 1. The predicted octanol–water partition coefficient (Wildman–Crippen LogP) is 0.562. The molecule has 1 heterocycles. The molecule has 4 atom stereocenters. The van der Waals surface area contributed by atoms with Gasteiger partial charge in [-0.2, -0.15) is 0 Å². The summed E-state index contributed by atoms with van der Waals surface area (Å²) in [5, 5.41) is 20.6. The van der Waals surface area contributed by atoms with Crippen LogP contribution in [-0.2, 0) is 58.2 Å². The SMILES string of the molecule is CC(C)C(=O)OCOP(=O)(OCOC(=O)C(C)C)OC[C@@](CF)(O[C@H](CO)n1ccc(=O)n(COC(=O)C(N)C(C)C)c1=O)[C@H](C)O. The molecule has 1 aromatic heterocycles. The summed E-state index contributed by atoms with van der Waals surface area (Å²) in [6.45, 7) is 3.88. The second-order valence-corrected chi connectivity index (χ2v) is 12.9. The van der Waals surface area contributed by atoms with Crippen molar-refractivity contribution in [3.8, 4) is 0 Å². The largest absolute Gasteiger partial charge is 0.480 e. The van der Waals surface area contributed by atoms with Crippen molar-refractivity contribution in [3.05, 3.63) is 33.1 Å². The molecule has 0 amide bonds. The van der Waals surface area contributed by atoms with Crippen molar-refractivity contribution in [3.63, 3.8) is 0 Å².